The number of nitrogens with one attached hydrogen (secondary N) is 1. The van der Waals surface area contributed by atoms with E-state index in [1.165, 1.54) is 6.33 Å². The molecule has 0 radical (unpaired) electrons. The van der Waals surface area contributed by atoms with Crippen molar-refractivity contribution in [2.45, 2.75) is 77.0 Å². The molecule has 4 atom stereocenters. The SMILES string of the molecule is CC(C)(C)OC(=O)NCC1CN(C[C@H]2O[C@@H](n3ccc4c(N)ncnc43)C[C@@H]2OC(C)(C)O)CCO1. The Morgan fingerprint density at radius 2 is 2.08 bits per heavy atom. The summed E-state index contributed by atoms with van der Waals surface area (Å²) in [6, 6.07) is 1.87. The number of rotatable bonds is 7. The van der Waals surface area contributed by atoms with Crippen LogP contribution >= 0.6 is 0 Å². The van der Waals surface area contributed by atoms with Crippen molar-refractivity contribution in [3.63, 3.8) is 0 Å². The lowest BCUT2D eigenvalue weighted by Crippen LogP contribution is -2.51. The van der Waals surface area contributed by atoms with Crippen molar-refractivity contribution < 1.29 is 28.8 Å². The van der Waals surface area contributed by atoms with Crippen molar-refractivity contribution in [2.75, 3.05) is 38.5 Å². The highest BCUT2D eigenvalue weighted by atomic mass is 16.6. The topological polar surface area (TPSA) is 146 Å². The van der Waals surface area contributed by atoms with Crippen LogP contribution in [0.15, 0.2) is 18.6 Å². The standard InChI is InChI=1S/C24H38N6O6/c1-23(2,3)36-22(31)26-11-15-12-29(8-9-33-15)13-18-17(35-24(4,5)32)10-19(34-18)30-7-6-16-20(25)27-14-28-21(16)30/h6-7,14-15,17-19,32H,8-13H2,1-5H3,(H,26,31)(H2,25,27,28)/t15?,17-,18+,19+/m0/s1. The summed E-state index contributed by atoms with van der Waals surface area (Å²) >= 11 is 0. The number of nitrogens with two attached hydrogens (primary N) is 1. The average molecular weight is 507 g/mol. The van der Waals surface area contributed by atoms with Gasteiger partial charge in [-0.05, 0) is 40.7 Å². The first-order valence-corrected chi connectivity index (χ1v) is 12.3. The van der Waals surface area contributed by atoms with E-state index in [4.69, 9.17) is 24.7 Å². The van der Waals surface area contributed by atoms with Crippen LogP contribution in [0.4, 0.5) is 10.6 Å². The molecule has 0 aliphatic carbocycles. The Kier molecular flexibility index (Phi) is 7.72. The number of morpholine rings is 1. The van der Waals surface area contributed by atoms with Crippen molar-refractivity contribution in [2.24, 2.45) is 0 Å². The summed E-state index contributed by atoms with van der Waals surface area (Å²) in [7, 11) is 0. The first-order valence-electron chi connectivity index (χ1n) is 12.3. The van der Waals surface area contributed by atoms with E-state index in [1.807, 2.05) is 37.6 Å². The normalized spacial score (nSPS) is 25.8. The Balaban J connectivity index is 1.40. The zero-order chi connectivity index (χ0) is 26.1. The molecule has 36 heavy (non-hydrogen) atoms. The zero-order valence-corrected chi connectivity index (χ0v) is 21.6. The summed E-state index contributed by atoms with van der Waals surface area (Å²) in [5.41, 5.74) is 6.13. The lowest BCUT2D eigenvalue weighted by Gasteiger charge is -2.36. The van der Waals surface area contributed by atoms with Crippen LogP contribution in [0, 0.1) is 0 Å². The number of hydrogen-bond donors (Lipinski definition) is 3. The van der Waals surface area contributed by atoms with Gasteiger partial charge in [0.05, 0.1) is 30.3 Å². The number of amides is 1. The summed E-state index contributed by atoms with van der Waals surface area (Å²) in [6.07, 6.45) is 2.25. The number of carbonyl (C=O) groups is 1. The molecule has 2 fully saturated rings. The molecule has 2 aliphatic heterocycles. The van der Waals surface area contributed by atoms with Gasteiger partial charge in [0.1, 0.15) is 29.6 Å². The second kappa shape index (κ2) is 10.5. The first-order chi connectivity index (χ1) is 16.9. The number of aromatic nitrogens is 3. The van der Waals surface area contributed by atoms with Crippen LogP contribution < -0.4 is 11.1 Å². The van der Waals surface area contributed by atoms with Gasteiger partial charge in [-0.1, -0.05) is 0 Å². The second-order valence-electron chi connectivity index (χ2n) is 10.8. The molecular weight excluding hydrogens is 468 g/mol. The first kappa shape index (κ1) is 26.6. The van der Waals surface area contributed by atoms with E-state index in [-0.39, 0.29) is 24.5 Å². The number of nitrogens with zero attached hydrogens (tertiary/aromatic N) is 4. The van der Waals surface area contributed by atoms with Gasteiger partial charge in [0.2, 0.25) is 0 Å². The molecule has 0 bridgehead atoms. The van der Waals surface area contributed by atoms with Crippen molar-refractivity contribution in [3.8, 4) is 0 Å². The van der Waals surface area contributed by atoms with Gasteiger partial charge in [0.15, 0.2) is 5.79 Å². The van der Waals surface area contributed by atoms with Gasteiger partial charge in [-0.2, -0.15) is 0 Å². The lowest BCUT2D eigenvalue weighted by atomic mass is 10.1. The van der Waals surface area contributed by atoms with Crippen LogP contribution in [0.5, 0.6) is 0 Å². The fourth-order valence-electron chi connectivity index (χ4n) is 4.59. The van der Waals surface area contributed by atoms with Crippen LogP contribution in [0.3, 0.4) is 0 Å². The summed E-state index contributed by atoms with van der Waals surface area (Å²) in [5, 5.41) is 13.9. The Labute approximate surface area is 211 Å². The van der Waals surface area contributed by atoms with Crippen LogP contribution in [-0.2, 0) is 18.9 Å². The molecule has 4 rings (SSSR count). The van der Waals surface area contributed by atoms with Gasteiger partial charge in [0.25, 0.3) is 0 Å². The summed E-state index contributed by atoms with van der Waals surface area (Å²) < 4.78 is 25.5. The minimum Gasteiger partial charge on any atom is -0.444 e. The number of hydrogen-bond acceptors (Lipinski definition) is 10. The van der Waals surface area contributed by atoms with Crippen molar-refractivity contribution >= 4 is 22.9 Å². The number of ether oxygens (including phenoxy) is 4. The number of nitrogen functional groups attached to an aromatic ring is 1. The molecule has 1 amide bonds. The molecule has 12 heteroatoms. The number of anilines is 1. The highest BCUT2D eigenvalue weighted by molar-refractivity contribution is 5.86. The maximum Gasteiger partial charge on any atom is 0.407 e. The molecule has 4 heterocycles. The molecule has 2 aliphatic rings. The fourth-order valence-corrected chi connectivity index (χ4v) is 4.59. The maximum absolute atomic E-state index is 12.0. The largest absolute Gasteiger partial charge is 0.444 e. The molecule has 2 saturated heterocycles. The van der Waals surface area contributed by atoms with Crippen LogP contribution in [0.1, 0.15) is 47.3 Å². The second-order valence-corrected chi connectivity index (χ2v) is 10.8. The van der Waals surface area contributed by atoms with E-state index >= 15 is 0 Å². The monoisotopic (exact) mass is 506 g/mol. The molecule has 2 aromatic heterocycles. The molecular formula is C24H38N6O6. The third-order valence-corrected chi connectivity index (χ3v) is 6.00. The molecule has 200 valence electrons. The van der Waals surface area contributed by atoms with Gasteiger partial charge in [0, 0.05) is 38.8 Å². The van der Waals surface area contributed by atoms with E-state index < -0.39 is 17.5 Å². The fraction of sp³-hybridized carbons (Fsp3) is 0.708. The third-order valence-electron chi connectivity index (χ3n) is 6.00. The lowest BCUT2D eigenvalue weighted by molar-refractivity contribution is -0.216. The van der Waals surface area contributed by atoms with Crippen molar-refractivity contribution in [3.05, 3.63) is 18.6 Å². The summed E-state index contributed by atoms with van der Waals surface area (Å²) in [5.74, 6) is -0.894. The minimum atomic E-state index is -1.31. The third kappa shape index (κ3) is 6.83. The van der Waals surface area contributed by atoms with Crippen molar-refractivity contribution in [1.82, 2.24) is 24.8 Å². The van der Waals surface area contributed by atoms with Gasteiger partial charge in [-0.3, -0.25) is 4.90 Å². The van der Waals surface area contributed by atoms with Gasteiger partial charge < -0.3 is 39.7 Å². The quantitative estimate of drug-likeness (QED) is 0.474. The van der Waals surface area contributed by atoms with E-state index in [2.05, 4.69) is 20.2 Å². The Bertz CT molecular complexity index is 1050. The number of alkyl carbamates (subject to hydrolysis) is 1. The molecule has 2 aromatic rings. The summed E-state index contributed by atoms with van der Waals surface area (Å²) in [4.78, 5) is 22.7. The predicted octanol–water partition coefficient (Wildman–Crippen LogP) is 1.64. The van der Waals surface area contributed by atoms with E-state index in [0.717, 1.165) is 11.9 Å². The summed E-state index contributed by atoms with van der Waals surface area (Å²) in [6.45, 7) is 11.5. The van der Waals surface area contributed by atoms with Gasteiger partial charge in [-0.25, -0.2) is 14.8 Å². The number of carbonyl (C=O) groups excluding carboxylic acids is 1. The maximum atomic E-state index is 12.0. The molecule has 0 saturated carbocycles. The highest BCUT2D eigenvalue weighted by Gasteiger charge is 2.41. The van der Waals surface area contributed by atoms with E-state index in [0.29, 0.717) is 44.1 Å². The Hall–Kier alpha value is -2.51. The van der Waals surface area contributed by atoms with E-state index in [9.17, 15) is 9.90 Å². The molecule has 4 N–H and O–H groups in total. The Morgan fingerprint density at radius 1 is 1.31 bits per heavy atom. The smallest absolute Gasteiger partial charge is 0.407 e. The van der Waals surface area contributed by atoms with Crippen molar-refractivity contribution in [1.29, 1.82) is 0 Å². The van der Waals surface area contributed by atoms with Crippen LogP contribution in [0.25, 0.3) is 11.0 Å². The van der Waals surface area contributed by atoms with Crippen LogP contribution in [0.2, 0.25) is 0 Å². The predicted molar refractivity (Wildman–Crippen MR) is 132 cm³/mol. The van der Waals surface area contributed by atoms with Crippen LogP contribution in [-0.4, -0.2) is 93.1 Å². The Morgan fingerprint density at radius 3 is 2.81 bits per heavy atom. The minimum absolute atomic E-state index is 0.176. The molecule has 0 aromatic carbocycles. The van der Waals surface area contributed by atoms with E-state index in [1.54, 1.807) is 13.8 Å². The number of fused-ring (bicyclic) bond motifs is 1. The zero-order valence-electron chi connectivity index (χ0n) is 21.6. The molecule has 12 nitrogen and oxygen atoms in total. The highest BCUT2D eigenvalue weighted by Crippen LogP contribution is 2.35. The number of aliphatic hydroxyl groups is 1. The molecule has 1 unspecified atom stereocenters. The molecule has 0 spiro atoms. The van der Waals surface area contributed by atoms with Gasteiger partial charge >= 0.3 is 6.09 Å². The average Bonchev–Trinajstić information content (AvgIpc) is 3.35. The van der Waals surface area contributed by atoms with Gasteiger partial charge in [-0.15, -0.1) is 0 Å².